The van der Waals surface area contributed by atoms with Crippen molar-refractivity contribution in [1.29, 1.82) is 5.41 Å². The second-order valence-corrected chi connectivity index (χ2v) is 8.97. The van der Waals surface area contributed by atoms with Crippen LogP contribution in [0.1, 0.15) is 35.5 Å². The van der Waals surface area contributed by atoms with Gasteiger partial charge in [0.15, 0.2) is 5.82 Å². The molecule has 13 nitrogen and oxygen atoms in total. The quantitative estimate of drug-likeness (QED) is 0.0620. The van der Waals surface area contributed by atoms with Crippen LogP contribution in [0.3, 0.4) is 0 Å². The van der Waals surface area contributed by atoms with Crippen molar-refractivity contribution in [2.45, 2.75) is 25.6 Å². The number of aryl methyl sites for hydroxylation is 1. The van der Waals surface area contributed by atoms with Crippen molar-refractivity contribution in [1.82, 2.24) is 24.7 Å². The number of H-pyrrole nitrogens is 1. The van der Waals surface area contributed by atoms with Crippen molar-refractivity contribution >= 4 is 17.5 Å². The summed E-state index contributed by atoms with van der Waals surface area (Å²) in [7, 11) is 1.54. The Morgan fingerprint density at radius 1 is 1.14 bits per heavy atom. The molecule has 0 amide bonds. The minimum atomic E-state index is -5.22. The van der Waals surface area contributed by atoms with Gasteiger partial charge in [0.1, 0.15) is 30.0 Å². The topological polar surface area (TPSA) is 183 Å². The van der Waals surface area contributed by atoms with Crippen LogP contribution in [0.4, 0.5) is 18.9 Å². The molecular weight excluding hydrogens is 573 g/mol. The largest absolute Gasteiger partial charge is 0.491 e. The number of hydrogen-bond donors (Lipinski definition) is 4. The Labute approximate surface area is 242 Å². The number of aromatic nitrogens is 5. The number of benzene rings is 2. The summed E-state index contributed by atoms with van der Waals surface area (Å²) < 4.78 is 54.5. The number of amidine groups is 1. The van der Waals surface area contributed by atoms with Crippen molar-refractivity contribution < 1.29 is 32.2 Å². The summed E-state index contributed by atoms with van der Waals surface area (Å²) in [5, 5.41) is 15.6. The maximum atomic E-state index is 12.9. The highest BCUT2D eigenvalue weighted by Gasteiger charge is 2.41. The van der Waals surface area contributed by atoms with Crippen LogP contribution in [-0.4, -0.2) is 63.0 Å². The molecule has 4 rings (SSSR count). The molecule has 16 heteroatoms. The van der Waals surface area contributed by atoms with Crippen molar-refractivity contribution in [3.63, 3.8) is 0 Å². The maximum Gasteiger partial charge on any atom is 0.491 e. The average Bonchev–Trinajstić information content (AvgIpc) is 3.37. The van der Waals surface area contributed by atoms with Gasteiger partial charge >= 0.3 is 17.8 Å². The molecule has 0 spiro atoms. The Bertz CT molecular complexity index is 1660. The number of nitrogen functional groups attached to an aromatic ring is 1. The third kappa shape index (κ3) is 7.53. The minimum absolute atomic E-state index is 0.0138. The smallest absolute Gasteiger partial charge is 0.491 e. The van der Waals surface area contributed by atoms with Gasteiger partial charge in [0.05, 0.1) is 6.61 Å². The van der Waals surface area contributed by atoms with E-state index in [0.717, 1.165) is 22.4 Å². The van der Waals surface area contributed by atoms with Crippen molar-refractivity contribution in [3.05, 3.63) is 87.9 Å². The molecule has 0 saturated carbocycles. The second kappa shape index (κ2) is 13.2. The third-order valence-corrected chi connectivity index (χ3v) is 5.96. The van der Waals surface area contributed by atoms with Gasteiger partial charge in [-0.3, -0.25) is 10.4 Å². The van der Waals surface area contributed by atoms with Gasteiger partial charge in [0.25, 0.3) is 5.95 Å². The Kier molecular flexibility index (Phi) is 9.39. The molecule has 0 aliphatic heterocycles. The summed E-state index contributed by atoms with van der Waals surface area (Å²) in [6, 6.07) is 9.49. The predicted molar refractivity (Wildman–Crippen MR) is 148 cm³/mol. The molecule has 2 aromatic carbocycles. The van der Waals surface area contributed by atoms with E-state index >= 15 is 0 Å². The Morgan fingerprint density at radius 3 is 2.53 bits per heavy atom. The summed E-state index contributed by atoms with van der Waals surface area (Å²) >= 11 is 0. The standard InChI is InChI=1S/C27H27F3N8O5/c1-3-15-11-16(13-18(12-15)42-10-9-41-2)21(23-36-26(40)38(37-23)25-33-7-4-8-34-25)35-20-6-5-17(14-19(20)22(31)32)43-24(39)27(28,29)30/h4-8,11-14,21,35H,3,9-10H2,1-2H3,(H3,31,32)(H,36,37,40). The zero-order valence-corrected chi connectivity index (χ0v) is 22.9. The zero-order valence-electron chi connectivity index (χ0n) is 22.9. The van der Waals surface area contributed by atoms with Crippen LogP contribution in [0.25, 0.3) is 5.95 Å². The van der Waals surface area contributed by atoms with E-state index in [4.69, 9.17) is 20.6 Å². The Morgan fingerprint density at radius 2 is 1.88 bits per heavy atom. The first-order chi connectivity index (χ1) is 20.5. The molecule has 1 unspecified atom stereocenters. The summed E-state index contributed by atoms with van der Waals surface area (Å²) in [5.74, 6) is -2.81. The number of methoxy groups -OCH3 is 1. The van der Waals surface area contributed by atoms with E-state index in [9.17, 15) is 22.8 Å². The molecule has 1 atom stereocenters. The Hall–Kier alpha value is -5.25. The molecule has 4 aromatic rings. The van der Waals surface area contributed by atoms with Gasteiger partial charge in [-0.1, -0.05) is 13.0 Å². The molecule has 0 radical (unpaired) electrons. The molecule has 43 heavy (non-hydrogen) atoms. The predicted octanol–water partition coefficient (Wildman–Crippen LogP) is 2.89. The van der Waals surface area contributed by atoms with Crippen LogP contribution in [-0.2, 0) is 16.0 Å². The van der Waals surface area contributed by atoms with Crippen molar-refractivity contribution in [3.8, 4) is 17.4 Å². The number of hydrogen-bond acceptors (Lipinski definition) is 10. The number of ether oxygens (including phenoxy) is 3. The summed E-state index contributed by atoms with van der Waals surface area (Å²) in [6.07, 6.45) is -1.71. The Balaban J connectivity index is 1.81. The summed E-state index contributed by atoms with van der Waals surface area (Å²) in [5.41, 5.74) is 6.65. The average molecular weight is 601 g/mol. The van der Waals surface area contributed by atoms with Crippen LogP contribution in [0.5, 0.6) is 11.5 Å². The van der Waals surface area contributed by atoms with Gasteiger partial charge in [-0.25, -0.2) is 19.6 Å². The van der Waals surface area contributed by atoms with E-state index in [1.165, 1.54) is 18.5 Å². The van der Waals surface area contributed by atoms with Crippen LogP contribution < -0.4 is 26.2 Å². The molecule has 226 valence electrons. The lowest BCUT2D eigenvalue weighted by Crippen LogP contribution is -2.28. The number of nitrogens with two attached hydrogens (primary N) is 1. The molecule has 0 fully saturated rings. The van der Waals surface area contributed by atoms with Crippen LogP contribution in [0, 0.1) is 5.41 Å². The molecule has 0 bridgehead atoms. The first-order valence-electron chi connectivity index (χ1n) is 12.8. The highest BCUT2D eigenvalue weighted by Crippen LogP contribution is 2.32. The molecule has 0 saturated heterocycles. The number of carbonyl (C=O) groups is 1. The lowest BCUT2D eigenvalue weighted by Gasteiger charge is -2.22. The van der Waals surface area contributed by atoms with Gasteiger partial charge < -0.3 is 25.3 Å². The van der Waals surface area contributed by atoms with E-state index in [2.05, 4.69) is 30.1 Å². The first-order valence-corrected chi connectivity index (χ1v) is 12.8. The lowest BCUT2D eigenvalue weighted by molar-refractivity contribution is -0.189. The fraction of sp³-hybridized carbons (Fsp3) is 0.259. The molecule has 0 aliphatic rings. The van der Waals surface area contributed by atoms with E-state index in [1.807, 2.05) is 19.1 Å². The normalized spacial score (nSPS) is 12.0. The third-order valence-electron chi connectivity index (χ3n) is 5.96. The van der Waals surface area contributed by atoms with E-state index in [1.54, 1.807) is 19.2 Å². The van der Waals surface area contributed by atoms with Crippen molar-refractivity contribution in [2.75, 3.05) is 25.6 Å². The number of halogens is 3. The number of nitrogens with zero attached hydrogens (tertiary/aromatic N) is 4. The van der Waals surface area contributed by atoms with E-state index < -0.39 is 35.5 Å². The van der Waals surface area contributed by atoms with Crippen LogP contribution in [0.15, 0.2) is 59.7 Å². The fourth-order valence-electron chi connectivity index (χ4n) is 3.96. The monoisotopic (exact) mass is 600 g/mol. The van der Waals surface area contributed by atoms with Crippen molar-refractivity contribution in [2.24, 2.45) is 5.73 Å². The summed E-state index contributed by atoms with van der Waals surface area (Å²) in [6.45, 7) is 2.55. The van der Waals surface area contributed by atoms with E-state index in [0.29, 0.717) is 24.3 Å². The second-order valence-electron chi connectivity index (χ2n) is 8.97. The molecule has 0 aliphatic carbocycles. The number of rotatable bonds is 12. The first kappa shape index (κ1) is 30.7. The highest BCUT2D eigenvalue weighted by molar-refractivity contribution is 6.01. The zero-order chi connectivity index (χ0) is 31.1. The number of nitrogens with one attached hydrogen (secondary N) is 3. The van der Waals surface area contributed by atoms with Gasteiger partial charge in [-0.15, -0.1) is 9.78 Å². The van der Waals surface area contributed by atoms with Gasteiger partial charge in [-0.2, -0.15) is 13.2 Å². The fourth-order valence-corrected chi connectivity index (χ4v) is 3.96. The van der Waals surface area contributed by atoms with Crippen LogP contribution in [0.2, 0.25) is 0 Å². The molecule has 5 N–H and O–H groups in total. The van der Waals surface area contributed by atoms with Gasteiger partial charge in [0, 0.05) is 30.8 Å². The number of carbonyl (C=O) groups excluding carboxylic acids is 1. The van der Waals surface area contributed by atoms with E-state index in [-0.39, 0.29) is 29.6 Å². The van der Waals surface area contributed by atoms with Crippen LogP contribution >= 0.6 is 0 Å². The minimum Gasteiger partial charge on any atom is -0.491 e. The number of anilines is 1. The molecular formula is C27H27F3N8O5. The molecule has 2 heterocycles. The maximum absolute atomic E-state index is 12.9. The number of esters is 1. The SMILES string of the molecule is CCc1cc(OCCOC)cc(C(Nc2ccc(OC(=O)C(F)(F)F)cc2C(=N)N)c2nn(-c3ncccn3)c(=O)[nH]2)c1. The highest BCUT2D eigenvalue weighted by atomic mass is 19.4. The lowest BCUT2D eigenvalue weighted by atomic mass is 10.0. The summed E-state index contributed by atoms with van der Waals surface area (Å²) in [4.78, 5) is 35.1. The number of alkyl halides is 3. The van der Waals surface area contributed by atoms with Gasteiger partial charge in [0.2, 0.25) is 0 Å². The number of aromatic amines is 1. The molecule has 2 aromatic heterocycles. The van der Waals surface area contributed by atoms with Gasteiger partial charge in [-0.05, 0) is 53.9 Å².